The molecule has 1 aliphatic rings. The van der Waals surface area contributed by atoms with E-state index >= 15 is 0 Å². The fraction of sp³-hybridized carbons (Fsp3) is 0.444. The summed E-state index contributed by atoms with van der Waals surface area (Å²) in [6.45, 7) is 7.81. The second kappa shape index (κ2) is 10.7. The molecular weight excluding hydrogens is 432 g/mol. The molecular formula is C27H34N2O5. The standard InChI is InChI=1S/C27H34N2O5/c1-17(13-14-25(31)32)28-24(30)15-23(27(2,3)4)29-26(33)34-16-22-20-11-7-5-9-18(20)19-10-6-8-12-21(19)22/h5-12,17,22-23H,13-16H2,1-4H3,(H,28,30)(H,29,33)(H,31,32). The van der Waals surface area contributed by atoms with Crippen molar-refractivity contribution < 1.29 is 24.2 Å². The molecule has 2 amide bonds. The van der Waals surface area contributed by atoms with E-state index in [1.54, 1.807) is 6.92 Å². The lowest BCUT2D eigenvalue weighted by molar-refractivity contribution is -0.137. The van der Waals surface area contributed by atoms with Crippen LogP contribution in [0.15, 0.2) is 48.5 Å². The zero-order valence-corrected chi connectivity index (χ0v) is 20.3. The highest BCUT2D eigenvalue weighted by atomic mass is 16.5. The predicted octanol–water partition coefficient (Wildman–Crippen LogP) is 4.70. The third-order valence-corrected chi connectivity index (χ3v) is 6.27. The molecule has 0 saturated heterocycles. The third kappa shape index (κ3) is 6.37. The fourth-order valence-electron chi connectivity index (χ4n) is 4.29. The van der Waals surface area contributed by atoms with E-state index in [1.165, 1.54) is 0 Å². The number of hydrogen-bond acceptors (Lipinski definition) is 4. The number of amides is 2. The first-order chi connectivity index (χ1) is 16.1. The zero-order valence-electron chi connectivity index (χ0n) is 20.3. The minimum absolute atomic E-state index is 0.0118. The van der Waals surface area contributed by atoms with Crippen molar-refractivity contribution in [3.8, 4) is 11.1 Å². The first kappa shape index (κ1) is 25.3. The summed E-state index contributed by atoms with van der Waals surface area (Å²) < 4.78 is 5.65. The van der Waals surface area contributed by atoms with Crippen LogP contribution in [0.4, 0.5) is 4.79 Å². The molecule has 2 aromatic carbocycles. The summed E-state index contributed by atoms with van der Waals surface area (Å²) in [5.41, 5.74) is 4.21. The molecule has 0 heterocycles. The van der Waals surface area contributed by atoms with E-state index in [4.69, 9.17) is 9.84 Å². The molecule has 0 saturated carbocycles. The van der Waals surface area contributed by atoms with Crippen LogP contribution < -0.4 is 10.6 Å². The van der Waals surface area contributed by atoms with Crippen LogP contribution in [0.3, 0.4) is 0 Å². The largest absolute Gasteiger partial charge is 0.481 e. The Labute approximate surface area is 200 Å². The van der Waals surface area contributed by atoms with Gasteiger partial charge in [-0.15, -0.1) is 0 Å². The molecule has 2 unspecified atom stereocenters. The van der Waals surface area contributed by atoms with Gasteiger partial charge < -0.3 is 20.5 Å². The number of alkyl carbamates (subject to hydrolysis) is 1. The van der Waals surface area contributed by atoms with Gasteiger partial charge in [-0.3, -0.25) is 9.59 Å². The number of rotatable bonds is 9. The average Bonchev–Trinajstić information content (AvgIpc) is 3.09. The van der Waals surface area contributed by atoms with Gasteiger partial charge in [-0.05, 0) is 41.0 Å². The van der Waals surface area contributed by atoms with E-state index in [0.717, 1.165) is 22.3 Å². The Morgan fingerprint density at radius 2 is 1.53 bits per heavy atom. The van der Waals surface area contributed by atoms with Crippen molar-refractivity contribution in [2.24, 2.45) is 5.41 Å². The van der Waals surface area contributed by atoms with Crippen molar-refractivity contribution >= 4 is 18.0 Å². The van der Waals surface area contributed by atoms with E-state index in [1.807, 2.05) is 45.0 Å². The van der Waals surface area contributed by atoms with Gasteiger partial charge in [-0.25, -0.2) is 4.79 Å². The van der Waals surface area contributed by atoms with Crippen LogP contribution in [-0.4, -0.2) is 41.8 Å². The second-order valence-corrected chi connectivity index (χ2v) is 9.99. The summed E-state index contributed by atoms with van der Waals surface area (Å²) in [6.07, 6.45) is -0.151. The number of nitrogens with one attached hydrogen (secondary N) is 2. The molecule has 34 heavy (non-hydrogen) atoms. The Balaban J connectivity index is 1.59. The number of aliphatic carboxylic acids is 1. The molecule has 182 valence electrons. The van der Waals surface area contributed by atoms with E-state index in [9.17, 15) is 14.4 Å². The highest BCUT2D eigenvalue weighted by Gasteiger charge is 2.32. The van der Waals surface area contributed by atoms with Gasteiger partial charge in [0.05, 0.1) is 0 Å². The SMILES string of the molecule is CC(CCC(=O)O)NC(=O)CC(NC(=O)OCC1c2ccccc2-c2ccccc21)C(C)(C)C. The van der Waals surface area contributed by atoms with Crippen molar-refractivity contribution in [1.82, 2.24) is 10.6 Å². The molecule has 2 aromatic rings. The molecule has 0 fully saturated rings. The van der Waals surface area contributed by atoms with Crippen LogP contribution >= 0.6 is 0 Å². The van der Waals surface area contributed by atoms with Gasteiger partial charge in [0, 0.05) is 30.8 Å². The molecule has 0 spiro atoms. The van der Waals surface area contributed by atoms with Gasteiger partial charge in [0.1, 0.15) is 6.61 Å². The molecule has 0 aromatic heterocycles. The van der Waals surface area contributed by atoms with Crippen molar-refractivity contribution in [3.63, 3.8) is 0 Å². The van der Waals surface area contributed by atoms with Crippen molar-refractivity contribution in [3.05, 3.63) is 59.7 Å². The third-order valence-electron chi connectivity index (χ3n) is 6.27. The van der Waals surface area contributed by atoms with E-state index in [2.05, 4.69) is 34.9 Å². The summed E-state index contributed by atoms with van der Waals surface area (Å²) in [7, 11) is 0. The maximum atomic E-state index is 12.7. The highest BCUT2D eigenvalue weighted by Crippen LogP contribution is 2.44. The number of carbonyl (C=O) groups excluding carboxylic acids is 2. The topological polar surface area (TPSA) is 105 Å². The maximum absolute atomic E-state index is 12.7. The van der Waals surface area contributed by atoms with Crippen LogP contribution in [0.2, 0.25) is 0 Å². The zero-order chi connectivity index (χ0) is 24.9. The molecule has 2 atom stereocenters. The molecule has 0 bridgehead atoms. The Hall–Kier alpha value is -3.35. The molecule has 1 aliphatic carbocycles. The quantitative estimate of drug-likeness (QED) is 0.497. The minimum atomic E-state index is -0.898. The summed E-state index contributed by atoms with van der Waals surface area (Å²) >= 11 is 0. The summed E-state index contributed by atoms with van der Waals surface area (Å²) in [5.74, 6) is -1.17. The van der Waals surface area contributed by atoms with Crippen molar-refractivity contribution in [2.75, 3.05) is 6.61 Å². The van der Waals surface area contributed by atoms with Crippen LogP contribution in [0, 0.1) is 5.41 Å². The van der Waals surface area contributed by atoms with Gasteiger partial charge >= 0.3 is 12.1 Å². The van der Waals surface area contributed by atoms with Crippen molar-refractivity contribution in [1.29, 1.82) is 0 Å². The Morgan fingerprint density at radius 1 is 0.971 bits per heavy atom. The van der Waals surface area contributed by atoms with Gasteiger partial charge in [0.2, 0.25) is 5.91 Å². The fourth-order valence-corrected chi connectivity index (χ4v) is 4.29. The van der Waals surface area contributed by atoms with Gasteiger partial charge in [0.25, 0.3) is 0 Å². The van der Waals surface area contributed by atoms with E-state index in [-0.39, 0.29) is 42.7 Å². The number of ether oxygens (including phenoxy) is 1. The van der Waals surface area contributed by atoms with Crippen molar-refractivity contribution in [2.45, 2.75) is 65.0 Å². The molecule has 7 nitrogen and oxygen atoms in total. The number of carboxylic acid groups (broad SMARTS) is 1. The average molecular weight is 467 g/mol. The number of hydrogen-bond donors (Lipinski definition) is 3. The van der Waals surface area contributed by atoms with Crippen LogP contribution in [0.5, 0.6) is 0 Å². The normalized spacial score (nSPS) is 14.5. The number of benzene rings is 2. The van der Waals surface area contributed by atoms with Gasteiger partial charge in [-0.2, -0.15) is 0 Å². The first-order valence-corrected chi connectivity index (χ1v) is 11.7. The number of carbonyl (C=O) groups is 3. The summed E-state index contributed by atoms with van der Waals surface area (Å²) in [5, 5.41) is 14.5. The predicted molar refractivity (Wildman–Crippen MR) is 131 cm³/mol. The van der Waals surface area contributed by atoms with Crippen LogP contribution in [0.25, 0.3) is 11.1 Å². The monoisotopic (exact) mass is 466 g/mol. The molecule has 7 heteroatoms. The molecule has 3 rings (SSSR count). The lowest BCUT2D eigenvalue weighted by Gasteiger charge is -2.31. The summed E-state index contributed by atoms with van der Waals surface area (Å²) in [6, 6.07) is 15.6. The van der Waals surface area contributed by atoms with Crippen LogP contribution in [-0.2, 0) is 14.3 Å². The second-order valence-electron chi connectivity index (χ2n) is 9.99. The lowest BCUT2D eigenvalue weighted by atomic mass is 9.84. The minimum Gasteiger partial charge on any atom is -0.481 e. The molecule has 0 aliphatic heterocycles. The smallest absolute Gasteiger partial charge is 0.407 e. The Morgan fingerprint density at radius 3 is 2.06 bits per heavy atom. The number of fused-ring (bicyclic) bond motifs is 3. The van der Waals surface area contributed by atoms with Crippen LogP contribution in [0.1, 0.15) is 64.0 Å². The Bertz CT molecular complexity index is 998. The summed E-state index contributed by atoms with van der Waals surface area (Å²) in [4.78, 5) is 36.0. The van der Waals surface area contributed by atoms with Gasteiger partial charge in [-0.1, -0.05) is 69.3 Å². The van der Waals surface area contributed by atoms with E-state index < -0.39 is 18.1 Å². The van der Waals surface area contributed by atoms with Gasteiger partial charge in [0.15, 0.2) is 0 Å². The maximum Gasteiger partial charge on any atom is 0.407 e. The van der Waals surface area contributed by atoms with E-state index in [0.29, 0.717) is 6.42 Å². The molecule has 3 N–H and O–H groups in total. The number of carboxylic acids is 1. The highest BCUT2D eigenvalue weighted by molar-refractivity contribution is 5.80. The first-order valence-electron chi connectivity index (χ1n) is 11.7. The molecule has 0 radical (unpaired) electrons. The Kier molecular flexibility index (Phi) is 7.97. The lowest BCUT2D eigenvalue weighted by Crippen LogP contribution is -2.48.